The Balaban J connectivity index is 2.47. The minimum atomic E-state index is -4.26. The van der Waals surface area contributed by atoms with Crippen molar-refractivity contribution in [1.82, 2.24) is 4.90 Å². The number of ether oxygens (including phenoxy) is 1. The van der Waals surface area contributed by atoms with Gasteiger partial charge in [-0.25, -0.2) is 0 Å². The van der Waals surface area contributed by atoms with Gasteiger partial charge in [0, 0.05) is 20.2 Å². The lowest BCUT2D eigenvalue weighted by molar-refractivity contribution is -0.146. The molecule has 1 fully saturated rings. The Kier molecular flexibility index (Phi) is 3.80. The first-order valence-corrected chi connectivity index (χ1v) is 4.93. The fraction of sp³-hybridized carbons (Fsp3) is 0.889. The first-order chi connectivity index (χ1) is 7.25. The van der Waals surface area contributed by atoms with Gasteiger partial charge in [0.05, 0.1) is 13.0 Å². The van der Waals surface area contributed by atoms with Crippen LogP contribution in [-0.4, -0.2) is 49.3 Å². The molecular weight excluding hydrogens is 225 g/mol. The molecule has 16 heavy (non-hydrogen) atoms. The SMILES string of the molecule is CN(CCC(F)(F)F)C(=O)C1(N)CCOC1. The first-order valence-electron chi connectivity index (χ1n) is 4.93. The zero-order valence-electron chi connectivity index (χ0n) is 9.01. The van der Waals surface area contributed by atoms with Crippen molar-refractivity contribution in [3.05, 3.63) is 0 Å². The predicted molar refractivity (Wildman–Crippen MR) is 50.7 cm³/mol. The number of carbonyl (C=O) groups is 1. The van der Waals surface area contributed by atoms with Crippen molar-refractivity contribution >= 4 is 5.91 Å². The van der Waals surface area contributed by atoms with Crippen molar-refractivity contribution in [3.8, 4) is 0 Å². The summed E-state index contributed by atoms with van der Waals surface area (Å²) in [4.78, 5) is 12.8. The van der Waals surface area contributed by atoms with E-state index in [-0.39, 0.29) is 13.2 Å². The van der Waals surface area contributed by atoms with E-state index in [0.29, 0.717) is 13.0 Å². The second-order valence-electron chi connectivity index (χ2n) is 4.05. The summed E-state index contributed by atoms with van der Waals surface area (Å²) in [6, 6.07) is 0. The van der Waals surface area contributed by atoms with Crippen LogP contribution in [0.25, 0.3) is 0 Å². The third kappa shape index (κ3) is 3.34. The van der Waals surface area contributed by atoms with Crippen LogP contribution in [0.1, 0.15) is 12.8 Å². The Morgan fingerprint density at radius 2 is 2.19 bits per heavy atom. The van der Waals surface area contributed by atoms with Gasteiger partial charge in [-0.1, -0.05) is 0 Å². The topological polar surface area (TPSA) is 55.6 Å². The standard InChI is InChI=1S/C9H15F3N2O2/c1-14(4-2-9(10,11)12)7(15)8(13)3-5-16-6-8/h2-6,13H2,1H3. The highest BCUT2D eigenvalue weighted by molar-refractivity contribution is 5.86. The molecule has 94 valence electrons. The first kappa shape index (κ1) is 13.2. The number of hydrogen-bond donors (Lipinski definition) is 1. The average Bonchev–Trinajstić information content (AvgIpc) is 2.60. The lowest BCUT2D eigenvalue weighted by atomic mass is 9.98. The van der Waals surface area contributed by atoms with Crippen LogP contribution in [0, 0.1) is 0 Å². The molecule has 1 saturated heterocycles. The third-order valence-electron chi connectivity index (χ3n) is 2.56. The summed E-state index contributed by atoms with van der Waals surface area (Å²) in [6.45, 7) is 0.0683. The van der Waals surface area contributed by atoms with Crippen LogP contribution in [0.2, 0.25) is 0 Å². The number of nitrogens with two attached hydrogens (primary N) is 1. The lowest BCUT2D eigenvalue weighted by Crippen LogP contribution is -2.55. The van der Waals surface area contributed by atoms with Gasteiger partial charge in [0.15, 0.2) is 0 Å². The highest BCUT2D eigenvalue weighted by atomic mass is 19.4. The van der Waals surface area contributed by atoms with Crippen molar-refractivity contribution in [1.29, 1.82) is 0 Å². The number of nitrogens with zero attached hydrogens (tertiary/aromatic N) is 1. The highest BCUT2D eigenvalue weighted by Crippen LogP contribution is 2.22. The molecule has 2 N–H and O–H groups in total. The molecule has 1 unspecified atom stereocenters. The quantitative estimate of drug-likeness (QED) is 0.782. The number of rotatable bonds is 3. The van der Waals surface area contributed by atoms with E-state index in [1.165, 1.54) is 7.05 Å². The molecule has 1 rings (SSSR count). The van der Waals surface area contributed by atoms with E-state index >= 15 is 0 Å². The fourth-order valence-electron chi connectivity index (χ4n) is 1.53. The maximum absolute atomic E-state index is 12.0. The molecule has 0 saturated carbocycles. The van der Waals surface area contributed by atoms with Gasteiger partial charge in [-0.2, -0.15) is 13.2 Å². The molecular formula is C9H15F3N2O2. The number of hydrogen-bond acceptors (Lipinski definition) is 3. The number of amides is 1. The van der Waals surface area contributed by atoms with E-state index in [2.05, 4.69) is 0 Å². The lowest BCUT2D eigenvalue weighted by Gasteiger charge is -2.27. The molecule has 0 aliphatic carbocycles. The van der Waals surface area contributed by atoms with Gasteiger partial charge in [-0.15, -0.1) is 0 Å². The van der Waals surface area contributed by atoms with E-state index in [9.17, 15) is 18.0 Å². The van der Waals surface area contributed by atoms with Crippen LogP contribution < -0.4 is 5.73 Å². The molecule has 1 amide bonds. The number of alkyl halides is 3. The molecule has 0 aromatic heterocycles. The molecule has 1 aliphatic rings. The summed E-state index contributed by atoms with van der Waals surface area (Å²) >= 11 is 0. The Morgan fingerprint density at radius 1 is 1.56 bits per heavy atom. The number of carbonyl (C=O) groups excluding carboxylic acids is 1. The van der Waals surface area contributed by atoms with Crippen molar-refractivity contribution in [3.63, 3.8) is 0 Å². The number of likely N-dealkylation sites (N-methyl/N-ethyl adjacent to an activating group) is 1. The van der Waals surface area contributed by atoms with Gasteiger partial charge in [0.1, 0.15) is 5.54 Å². The molecule has 0 radical (unpaired) electrons. The van der Waals surface area contributed by atoms with Gasteiger partial charge < -0.3 is 15.4 Å². The highest BCUT2D eigenvalue weighted by Gasteiger charge is 2.40. The van der Waals surface area contributed by atoms with E-state index in [0.717, 1.165) is 4.90 Å². The average molecular weight is 240 g/mol. The van der Waals surface area contributed by atoms with Gasteiger partial charge in [0.25, 0.3) is 0 Å². The van der Waals surface area contributed by atoms with Crippen molar-refractivity contribution in [2.45, 2.75) is 24.6 Å². The largest absolute Gasteiger partial charge is 0.390 e. The van der Waals surface area contributed by atoms with Gasteiger partial charge >= 0.3 is 6.18 Å². The number of halogens is 3. The molecule has 1 atom stereocenters. The third-order valence-corrected chi connectivity index (χ3v) is 2.56. The smallest absolute Gasteiger partial charge is 0.379 e. The van der Waals surface area contributed by atoms with Crippen LogP contribution in [0.3, 0.4) is 0 Å². The van der Waals surface area contributed by atoms with E-state index in [1.807, 2.05) is 0 Å². The minimum absolute atomic E-state index is 0.0716. The second-order valence-corrected chi connectivity index (χ2v) is 4.05. The Morgan fingerprint density at radius 3 is 2.62 bits per heavy atom. The van der Waals surface area contributed by atoms with Crippen LogP contribution >= 0.6 is 0 Å². The molecule has 1 heterocycles. The summed E-state index contributed by atoms with van der Waals surface area (Å²) < 4.78 is 40.9. The van der Waals surface area contributed by atoms with E-state index in [1.54, 1.807) is 0 Å². The molecule has 1 aliphatic heterocycles. The summed E-state index contributed by atoms with van der Waals surface area (Å²) in [5, 5.41) is 0. The Hall–Kier alpha value is -0.820. The van der Waals surface area contributed by atoms with Crippen LogP contribution in [0.5, 0.6) is 0 Å². The fourth-order valence-corrected chi connectivity index (χ4v) is 1.53. The summed E-state index contributed by atoms with van der Waals surface area (Å²) in [7, 11) is 1.32. The maximum atomic E-state index is 12.0. The zero-order valence-corrected chi connectivity index (χ0v) is 9.01. The van der Waals surface area contributed by atoms with E-state index < -0.39 is 24.0 Å². The van der Waals surface area contributed by atoms with Crippen molar-refractivity contribution in [2.75, 3.05) is 26.8 Å². The minimum Gasteiger partial charge on any atom is -0.379 e. The Labute approximate surface area is 91.5 Å². The summed E-state index contributed by atoms with van der Waals surface area (Å²) in [5.41, 5.74) is 4.59. The van der Waals surface area contributed by atoms with Crippen molar-refractivity contribution < 1.29 is 22.7 Å². The predicted octanol–water partition coefficient (Wildman–Crippen LogP) is 0.515. The monoisotopic (exact) mass is 240 g/mol. The molecule has 0 spiro atoms. The van der Waals surface area contributed by atoms with Gasteiger partial charge in [0.2, 0.25) is 5.91 Å². The summed E-state index contributed by atoms with van der Waals surface area (Å²) in [5.74, 6) is -0.491. The van der Waals surface area contributed by atoms with Crippen LogP contribution in [0.4, 0.5) is 13.2 Å². The van der Waals surface area contributed by atoms with Gasteiger partial charge in [-0.05, 0) is 6.42 Å². The zero-order chi connectivity index (χ0) is 12.4. The van der Waals surface area contributed by atoms with E-state index in [4.69, 9.17) is 10.5 Å². The normalized spacial score (nSPS) is 25.8. The Bertz CT molecular complexity index is 262. The molecule has 0 aromatic carbocycles. The van der Waals surface area contributed by atoms with Gasteiger partial charge in [-0.3, -0.25) is 4.79 Å². The van der Waals surface area contributed by atoms with Crippen molar-refractivity contribution in [2.24, 2.45) is 5.73 Å². The summed E-state index contributed by atoms with van der Waals surface area (Å²) in [6.07, 6.45) is -4.93. The maximum Gasteiger partial charge on any atom is 0.390 e. The molecule has 7 heteroatoms. The molecule has 0 aromatic rings. The second kappa shape index (κ2) is 4.58. The van der Waals surface area contributed by atoms with Crippen LogP contribution in [-0.2, 0) is 9.53 Å². The molecule has 4 nitrogen and oxygen atoms in total. The van der Waals surface area contributed by atoms with Crippen LogP contribution in [0.15, 0.2) is 0 Å². The molecule has 0 bridgehead atoms.